The molecule has 3 heterocycles. The van der Waals surface area contributed by atoms with E-state index >= 15 is 0 Å². The lowest BCUT2D eigenvalue weighted by atomic mass is 10.2. The molecular formula is C19H20N4O3. The number of benzene rings is 1. The first-order valence-electron chi connectivity index (χ1n) is 8.64. The van der Waals surface area contributed by atoms with Gasteiger partial charge in [-0.25, -0.2) is 4.98 Å². The molecule has 0 bridgehead atoms. The maximum absolute atomic E-state index is 9.33. The van der Waals surface area contributed by atoms with Crippen molar-refractivity contribution in [1.29, 1.82) is 5.26 Å². The summed E-state index contributed by atoms with van der Waals surface area (Å²) in [6, 6.07) is 9.78. The molecule has 0 amide bonds. The van der Waals surface area contributed by atoms with Gasteiger partial charge in [0.1, 0.15) is 35.8 Å². The summed E-state index contributed by atoms with van der Waals surface area (Å²) >= 11 is 0. The van der Waals surface area contributed by atoms with Gasteiger partial charge in [-0.3, -0.25) is 0 Å². The second-order valence-corrected chi connectivity index (χ2v) is 6.22. The molecule has 26 heavy (non-hydrogen) atoms. The van der Waals surface area contributed by atoms with Gasteiger partial charge in [0.2, 0.25) is 5.88 Å². The smallest absolute Gasteiger partial charge is 0.231 e. The number of methoxy groups -OCH3 is 1. The molecule has 2 aromatic rings. The Bertz CT molecular complexity index is 843. The Morgan fingerprint density at radius 3 is 3.08 bits per heavy atom. The van der Waals surface area contributed by atoms with Crippen LogP contribution < -0.4 is 24.4 Å². The quantitative estimate of drug-likeness (QED) is 0.904. The molecule has 0 radical (unpaired) electrons. The summed E-state index contributed by atoms with van der Waals surface area (Å²) in [5.41, 5.74) is 2.14. The third kappa shape index (κ3) is 3.11. The fourth-order valence-corrected chi connectivity index (χ4v) is 3.29. The van der Waals surface area contributed by atoms with Crippen LogP contribution in [0.4, 0.5) is 11.4 Å². The third-order valence-electron chi connectivity index (χ3n) is 4.57. The molecule has 1 aromatic carbocycles. The van der Waals surface area contributed by atoms with Gasteiger partial charge in [0, 0.05) is 12.6 Å². The van der Waals surface area contributed by atoms with Crippen LogP contribution in [0.5, 0.6) is 17.4 Å². The largest absolute Gasteiger partial charge is 0.490 e. The number of nitriles is 1. The van der Waals surface area contributed by atoms with Crippen molar-refractivity contribution in [3.63, 3.8) is 0 Å². The lowest BCUT2D eigenvalue weighted by molar-refractivity contribution is 0.222. The van der Waals surface area contributed by atoms with E-state index < -0.39 is 0 Å². The van der Waals surface area contributed by atoms with Crippen molar-refractivity contribution in [2.75, 3.05) is 38.3 Å². The van der Waals surface area contributed by atoms with Crippen LogP contribution in [0.3, 0.4) is 0 Å². The number of ether oxygens (including phenoxy) is 3. The van der Waals surface area contributed by atoms with E-state index in [1.54, 1.807) is 12.3 Å². The van der Waals surface area contributed by atoms with Crippen molar-refractivity contribution in [3.8, 4) is 23.4 Å². The van der Waals surface area contributed by atoms with Crippen LogP contribution >= 0.6 is 0 Å². The van der Waals surface area contributed by atoms with Crippen molar-refractivity contribution >= 4 is 11.4 Å². The molecule has 1 unspecified atom stereocenters. The van der Waals surface area contributed by atoms with E-state index in [1.165, 1.54) is 7.11 Å². The Hall–Kier alpha value is -2.98. The number of fused-ring (bicyclic) bond motifs is 1. The van der Waals surface area contributed by atoms with Crippen molar-refractivity contribution in [1.82, 2.24) is 10.3 Å². The van der Waals surface area contributed by atoms with Crippen LogP contribution in [-0.4, -0.2) is 44.4 Å². The number of hydrogen-bond acceptors (Lipinski definition) is 7. The topological polar surface area (TPSA) is 79.6 Å². The molecule has 1 fully saturated rings. The standard InChI is InChI=1S/C19H20N4O3/c1-24-19-13(10-20)8-14(11-22-19)23-6-7-25-18-3-2-15(9-17(18)23)26-16-4-5-21-12-16/h2-3,8-9,11,16,21H,4-7,12H2,1H3. The number of hydrogen-bond donors (Lipinski definition) is 1. The molecule has 134 valence electrons. The zero-order valence-electron chi connectivity index (χ0n) is 14.6. The van der Waals surface area contributed by atoms with Gasteiger partial charge in [-0.1, -0.05) is 0 Å². The molecule has 2 aliphatic rings. The number of rotatable bonds is 4. The van der Waals surface area contributed by atoms with Gasteiger partial charge < -0.3 is 24.4 Å². The Kier molecular flexibility index (Phi) is 4.50. The molecule has 7 heteroatoms. The molecular weight excluding hydrogens is 332 g/mol. The predicted octanol–water partition coefficient (Wildman–Crippen LogP) is 2.23. The van der Waals surface area contributed by atoms with Gasteiger partial charge >= 0.3 is 0 Å². The van der Waals surface area contributed by atoms with Gasteiger partial charge in [0.05, 0.1) is 31.2 Å². The van der Waals surface area contributed by atoms with Crippen molar-refractivity contribution in [2.24, 2.45) is 0 Å². The Labute approximate surface area is 152 Å². The first-order chi connectivity index (χ1) is 12.8. The maximum Gasteiger partial charge on any atom is 0.231 e. The monoisotopic (exact) mass is 352 g/mol. The number of pyridine rings is 1. The average Bonchev–Trinajstić information content (AvgIpc) is 3.20. The van der Waals surface area contributed by atoms with Crippen molar-refractivity contribution < 1.29 is 14.2 Å². The van der Waals surface area contributed by atoms with E-state index in [2.05, 4.69) is 21.3 Å². The summed E-state index contributed by atoms with van der Waals surface area (Å²) in [6.07, 6.45) is 2.91. The summed E-state index contributed by atoms with van der Waals surface area (Å²) in [7, 11) is 1.51. The highest BCUT2D eigenvalue weighted by molar-refractivity contribution is 5.72. The molecule has 0 saturated carbocycles. The molecule has 2 aliphatic heterocycles. The van der Waals surface area contributed by atoms with Crippen LogP contribution in [0.1, 0.15) is 12.0 Å². The molecule has 0 spiro atoms. The second kappa shape index (κ2) is 7.10. The third-order valence-corrected chi connectivity index (χ3v) is 4.57. The molecule has 1 atom stereocenters. The minimum atomic E-state index is 0.193. The maximum atomic E-state index is 9.33. The van der Waals surface area contributed by atoms with E-state index in [9.17, 15) is 5.26 Å². The first kappa shape index (κ1) is 16.5. The molecule has 7 nitrogen and oxygen atoms in total. The molecule has 4 rings (SSSR count). The fraction of sp³-hybridized carbons (Fsp3) is 0.368. The number of aromatic nitrogens is 1. The molecule has 1 N–H and O–H groups in total. The van der Waals surface area contributed by atoms with Gasteiger partial charge in [-0.15, -0.1) is 0 Å². The molecule has 0 aliphatic carbocycles. The molecule has 1 aromatic heterocycles. The minimum Gasteiger partial charge on any atom is -0.490 e. The minimum absolute atomic E-state index is 0.193. The Morgan fingerprint density at radius 1 is 1.38 bits per heavy atom. The van der Waals surface area contributed by atoms with Gasteiger partial charge in [-0.2, -0.15) is 5.26 Å². The van der Waals surface area contributed by atoms with Crippen LogP contribution in [-0.2, 0) is 0 Å². The SMILES string of the molecule is COc1ncc(N2CCOc3ccc(OC4CCNC4)cc32)cc1C#N. The van der Waals surface area contributed by atoms with Crippen LogP contribution in [0, 0.1) is 11.3 Å². The van der Waals surface area contributed by atoms with Crippen LogP contribution in [0.2, 0.25) is 0 Å². The normalized spacial score (nSPS) is 18.6. The summed E-state index contributed by atoms with van der Waals surface area (Å²) in [6.45, 7) is 3.08. The Morgan fingerprint density at radius 2 is 2.31 bits per heavy atom. The highest BCUT2D eigenvalue weighted by atomic mass is 16.5. The van der Waals surface area contributed by atoms with Crippen molar-refractivity contribution in [2.45, 2.75) is 12.5 Å². The second-order valence-electron chi connectivity index (χ2n) is 6.22. The van der Waals surface area contributed by atoms with Gasteiger partial charge in [-0.05, 0) is 31.2 Å². The van der Waals surface area contributed by atoms with Gasteiger partial charge in [0.15, 0.2) is 0 Å². The average molecular weight is 352 g/mol. The first-order valence-corrected chi connectivity index (χ1v) is 8.64. The lowest BCUT2D eigenvalue weighted by Gasteiger charge is -2.31. The number of anilines is 2. The molecule has 1 saturated heterocycles. The van der Waals surface area contributed by atoms with Crippen LogP contribution in [0.25, 0.3) is 0 Å². The predicted molar refractivity (Wildman–Crippen MR) is 96.3 cm³/mol. The summed E-state index contributed by atoms with van der Waals surface area (Å²) in [5.74, 6) is 1.94. The zero-order chi connectivity index (χ0) is 17.9. The summed E-state index contributed by atoms with van der Waals surface area (Å²) in [5, 5.41) is 12.6. The highest BCUT2D eigenvalue weighted by Gasteiger charge is 2.23. The van der Waals surface area contributed by atoms with Crippen molar-refractivity contribution in [3.05, 3.63) is 36.0 Å². The van der Waals surface area contributed by atoms with E-state index in [0.717, 1.165) is 42.4 Å². The number of nitrogens with zero attached hydrogens (tertiary/aromatic N) is 3. The van der Waals surface area contributed by atoms with Gasteiger partial charge in [0.25, 0.3) is 0 Å². The Balaban J connectivity index is 1.66. The van der Waals surface area contributed by atoms with Crippen LogP contribution in [0.15, 0.2) is 30.5 Å². The van der Waals surface area contributed by atoms with E-state index in [0.29, 0.717) is 24.6 Å². The number of nitrogens with one attached hydrogen (secondary N) is 1. The fourth-order valence-electron chi connectivity index (χ4n) is 3.29. The lowest BCUT2D eigenvalue weighted by Crippen LogP contribution is -2.29. The highest BCUT2D eigenvalue weighted by Crippen LogP contribution is 2.39. The summed E-state index contributed by atoms with van der Waals surface area (Å²) in [4.78, 5) is 6.34. The zero-order valence-corrected chi connectivity index (χ0v) is 14.6. The summed E-state index contributed by atoms with van der Waals surface area (Å²) < 4.78 is 17.0. The van der Waals surface area contributed by atoms with E-state index in [-0.39, 0.29) is 6.10 Å². The van der Waals surface area contributed by atoms with E-state index in [4.69, 9.17) is 14.2 Å². The van der Waals surface area contributed by atoms with E-state index in [1.807, 2.05) is 18.2 Å².